The van der Waals surface area contributed by atoms with Gasteiger partial charge in [-0.25, -0.2) is 13.2 Å². The first kappa shape index (κ1) is 21.7. The summed E-state index contributed by atoms with van der Waals surface area (Å²) in [5.74, 6) is -6.19. The molecule has 2 aromatic carbocycles. The number of primary amides is 1. The highest BCUT2D eigenvalue weighted by Crippen LogP contribution is 2.39. The molecule has 1 aromatic heterocycles. The molecule has 0 aliphatic heterocycles. The molecule has 1 atom stereocenters. The van der Waals surface area contributed by atoms with E-state index in [1.807, 2.05) is 0 Å². The first-order chi connectivity index (χ1) is 14.0. The van der Waals surface area contributed by atoms with Crippen molar-refractivity contribution in [2.24, 2.45) is 5.73 Å². The van der Waals surface area contributed by atoms with Crippen molar-refractivity contribution in [2.75, 3.05) is 0 Å². The minimum Gasteiger partial charge on any atom is -0.503 e. The van der Waals surface area contributed by atoms with Gasteiger partial charge in [-0.3, -0.25) is 14.2 Å². The lowest BCUT2D eigenvalue weighted by molar-refractivity contribution is -0.118. The largest absolute Gasteiger partial charge is 0.503 e. The molecular formula is C21H18ClF3N2O3. The van der Waals surface area contributed by atoms with Gasteiger partial charge >= 0.3 is 0 Å². The molecule has 1 amide bonds. The Bertz CT molecular complexity index is 1190. The second-order valence-corrected chi connectivity index (χ2v) is 7.50. The second-order valence-electron chi connectivity index (χ2n) is 7.09. The van der Waals surface area contributed by atoms with Crippen molar-refractivity contribution in [3.63, 3.8) is 0 Å². The van der Waals surface area contributed by atoms with E-state index in [1.165, 1.54) is 19.1 Å². The van der Waals surface area contributed by atoms with Crippen LogP contribution >= 0.6 is 11.6 Å². The first-order valence-corrected chi connectivity index (χ1v) is 9.42. The van der Waals surface area contributed by atoms with E-state index in [-0.39, 0.29) is 40.0 Å². The summed E-state index contributed by atoms with van der Waals surface area (Å²) in [5.41, 5.74) is 5.58. The average Bonchev–Trinajstić information content (AvgIpc) is 2.97. The SMILES string of the molecule is Cc1c([C@@H](C)CCC(N)=O)c2c(F)c(O)c(F)cc2n1C(=O)c1ccc(Cl)c(F)c1. The molecule has 1 heterocycles. The van der Waals surface area contributed by atoms with Crippen molar-refractivity contribution < 1.29 is 27.9 Å². The van der Waals surface area contributed by atoms with Gasteiger partial charge in [0.25, 0.3) is 5.91 Å². The Hall–Kier alpha value is -3.00. The minimum absolute atomic E-state index is 0.0123. The number of carbonyl (C=O) groups is 2. The highest BCUT2D eigenvalue weighted by molar-refractivity contribution is 6.30. The van der Waals surface area contributed by atoms with Crippen LogP contribution in [0.25, 0.3) is 10.9 Å². The number of hydrogen-bond acceptors (Lipinski definition) is 3. The second kappa shape index (κ2) is 8.02. The van der Waals surface area contributed by atoms with Gasteiger partial charge in [-0.15, -0.1) is 0 Å². The monoisotopic (exact) mass is 438 g/mol. The fraction of sp³-hybridized carbons (Fsp3) is 0.238. The van der Waals surface area contributed by atoms with Crippen molar-refractivity contribution in [1.29, 1.82) is 0 Å². The molecule has 0 aliphatic carbocycles. The van der Waals surface area contributed by atoms with E-state index in [0.29, 0.717) is 5.56 Å². The quantitative estimate of drug-likeness (QED) is 0.601. The van der Waals surface area contributed by atoms with E-state index in [4.69, 9.17) is 17.3 Å². The highest BCUT2D eigenvalue weighted by atomic mass is 35.5. The number of aromatic nitrogens is 1. The number of nitrogens with two attached hydrogens (primary N) is 1. The van der Waals surface area contributed by atoms with Crippen LogP contribution in [0.4, 0.5) is 13.2 Å². The number of hydrogen-bond donors (Lipinski definition) is 2. The molecule has 9 heteroatoms. The van der Waals surface area contributed by atoms with Crippen LogP contribution in [0.5, 0.6) is 5.75 Å². The highest BCUT2D eigenvalue weighted by Gasteiger charge is 2.28. The van der Waals surface area contributed by atoms with E-state index in [9.17, 15) is 27.9 Å². The summed E-state index contributed by atoms with van der Waals surface area (Å²) in [5, 5.41) is 9.44. The van der Waals surface area contributed by atoms with Gasteiger partial charge in [-0.1, -0.05) is 18.5 Å². The number of carbonyl (C=O) groups excluding carboxylic acids is 2. The molecule has 158 valence electrons. The molecule has 0 spiro atoms. The minimum atomic E-state index is -1.25. The summed E-state index contributed by atoms with van der Waals surface area (Å²) in [6.07, 6.45) is 0.259. The molecule has 0 fully saturated rings. The smallest absolute Gasteiger partial charge is 0.262 e. The molecule has 5 nitrogen and oxygen atoms in total. The maximum absolute atomic E-state index is 14.9. The molecule has 0 aliphatic rings. The molecular weight excluding hydrogens is 421 g/mol. The Morgan fingerprint density at radius 2 is 1.87 bits per heavy atom. The van der Waals surface area contributed by atoms with Crippen LogP contribution in [0.3, 0.4) is 0 Å². The Kier molecular flexibility index (Phi) is 5.81. The van der Waals surface area contributed by atoms with Crippen LogP contribution in [0.15, 0.2) is 24.3 Å². The third-order valence-electron chi connectivity index (χ3n) is 5.09. The van der Waals surface area contributed by atoms with Gasteiger partial charge < -0.3 is 10.8 Å². The van der Waals surface area contributed by atoms with Crippen LogP contribution < -0.4 is 5.73 Å². The molecule has 3 N–H and O–H groups in total. The summed E-state index contributed by atoms with van der Waals surface area (Å²) < 4.78 is 43.9. The lowest BCUT2D eigenvalue weighted by atomic mass is 9.93. The van der Waals surface area contributed by atoms with E-state index in [1.54, 1.807) is 6.92 Å². The van der Waals surface area contributed by atoms with Crippen molar-refractivity contribution in [3.05, 3.63) is 63.6 Å². The fourth-order valence-electron chi connectivity index (χ4n) is 3.64. The van der Waals surface area contributed by atoms with E-state index < -0.39 is 40.9 Å². The number of phenols is 1. The number of halogens is 4. The molecule has 30 heavy (non-hydrogen) atoms. The van der Waals surface area contributed by atoms with Gasteiger partial charge in [0, 0.05) is 29.1 Å². The molecule has 3 aromatic rings. The number of phenolic OH excluding ortho intramolecular Hbond substituents is 1. The number of amides is 1. The molecule has 0 bridgehead atoms. The van der Waals surface area contributed by atoms with Crippen LogP contribution in [-0.2, 0) is 4.79 Å². The third kappa shape index (κ3) is 3.63. The topological polar surface area (TPSA) is 85.3 Å². The number of rotatable bonds is 5. The Morgan fingerprint density at radius 1 is 1.20 bits per heavy atom. The number of benzene rings is 2. The zero-order chi connectivity index (χ0) is 22.3. The predicted molar refractivity (Wildman–Crippen MR) is 106 cm³/mol. The maximum atomic E-state index is 14.9. The summed E-state index contributed by atoms with van der Waals surface area (Å²) in [4.78, 5) is 24.3. The van der Waals surface area contributed by atoms with E-state index in [2.05, 4.69) is 0 Å². The summed E-state index contributed by atoms with van der Waals surface area (Å²) in [6.45, 7) is 3.22. The lowest BCUT2D eigenvalue weighted by Crippen LogP contribution is -2.15. The Balaban J connectivity index is 2.28. The van der Waals surface area contributed by atoms with Crippen molar-refractivity contribution in [3.8, 4) is 5.75 Å². The average molecular weight is 439 g/mol. The summed E-state index contributed by atoms with van der Waals surface area (Å²) >= 11 is 5.66. The zero-order valence-electron chi connectivity index (χ0n) is 16.1. The predicted octanol–water partition coefficient (Wildman–Crippen LogP) is 4.78. The van der Waals surface area contributed by atoms with Crippen molar-refractivity contribution in [1.82, 2.24) is 4.57 Å². The molecule has 0 radical (unpaired) electrons. The van der Waals surface area contributed by atoms with E-state index >= 15 is 0 Å². The van der Waals surface area contributed by atoms with Gasteiger partial charge in [0.2, 0.25) is 5.91 Å². The summed E-state index contributed by atoms with van der Waals surface area (Å²) in [7, 11) is 0. The number of aromatic hydroxyl groups is 1. The van der Waals surface area contributed by atoms with Crippen molar-refractivity contribution in [2.45, 2.75) is 32.6 Å². The van der Waals surface area contributed by atoms with Gasteiger partial charge in [0.15, 0.2) is 17.4 Å². The number of nitrogens with zero attached hydrogens (tertiary/aromatic N) is 1. The van der Waals surface area contributed by atoms with E-state index in [0.717, 1.165) is 16.7 Å². The van der Waals surface area contributed by atoms with Crippen LogP contribution in [-0.4, -0.2) is 21.5 Å². The van der Waals surface area contributed by atoms with Crippen LogP contribution in [0.2, 0.25) is 5.02 Å². The standard InChI is InChI=1S/C21H18ClF3N2O3/c1-9(3-6-16(26)28)17-10(2)27(15-8-14(24)20(29)19(25)18(15)17)21(30)11-4-5-12(22)13(23)7-11/h4-5,7-9,29H,3,6H2,1-2H3,(H2,26,28)/t9-/m0/s1. The third-order valence-corrected chi connectivity index (χ3v) is 5.40. The lowest BCUT2D eigenvalue weighted by Gasteiger charge is -2.13. The Morgan fingerprint density at radius 3 is 2.47 bits per heavy atom. The van der Waals surface area contributed by atoms with Crippen molar-refractivity contribution >= 4 is 34.3 Å². The maximum Gasteiger partial charge on any atom is 0.262 e. The van der Waals surface area contributed by atoms with Gasteiger partial charge in [0.05, 0.1) is 10.5 Å². The van der Waals surface area contributed by atoms with Crippen LogP contribution in [0.1, 0.15) is 47.3 Å². The fourth-order valence-corrected chi connectivity index (χ4v) is 3.75. The number of fused-ring (bicyclic) bond motifs is 1. The Labute approximate surface area is 174 Å². The molecule has 0 saturated heterocycles. The first-order valence-electron chi connectivity index (χ1n) is 9.04. The normalized spacial score (nSPS) is 12.3. The molecule has 3 rings (SSSR count). The summed E-state index contributed by atoms with van der Waals surface area (Å²) in [6, 6.07) is 4.27. The van der Waals surface area contributed by atoms with Gasteiger partial charge in [-0.2, -0.15) is 0 Å². The molecule has 0 saturated carbocycles. The van der Waals surface area contributed by atoms with Crippen LogP contribution in [0, 0.1) is 24.4 Å². The van der Waals surface area contributed by atoms with Gasteiger partial charge in [-0.05, 0) is 43.0 Å². The van der Waals surface area contributed by atoms with Gasteiger partial charge in [0.1, 0.15) is 5.82 Å². The zero-order valence-corrected chi connectivity index (χ0v) is 16.9. The molecule has 0 unspecified atom stereocenters.